The summed E-state index contributed by atoms with van der Waals surface area (Å²) in [5, 5.41) is 16.6. The molecule has 0 bridgehead atoms. The van der Waals surface area contributed by atoms with Crippen LogP contribution in [-0.4, -0.2) is 38.7 Å². The fourth-order valence-corrected chi connectivity index (χ4v) is 4.59. The molecule has 0 radical (unpaired) electrons. The van der Waals surface area contributed by atoms with Crippen molar-refractivity contribution in [3.8, 4) is 11.3 Å². The van der Waals surface area contributed by atoms with E-state index < -0.39 is 0 Å². The summed E-state index contributed by atoms with van der Waals surface area (Å²) in [6.07, 6.45) is 4.37. The smallest absolute Gasteiger partial charge is 0.243 e. The number of fused-ring (bicyclic) bond motifs is 1. The number of hydroxylamine groups is 1. The number of aryl methyl sites for hydroxylation is 1. The van der Waals surface area contributed by atoms with E-state index in [1.807, 2.05) is 18.2 Å². The Labute approximate surface area is 223 Å². The topological polar surface area (TPSA) is 130 Å². The highest BCUT2D eigenvalue weighted by Gasteiger charge is 2.17. The second kappa shape index (κ2) is 13.7. The minimum absolute atomic E-state index is 0.0825. The van der Waals surface area contributed by atoms with Crippen molar-refractivity contribution in [2.75, 3.05) is 18.4 Å². The van der Waals surface area contributed by atoms with E-state index in [1.165, 1.54) is 11.1 Å². The Morgan fingerprint density at radius 3 is 2.58 bits per heavy atom. The number of nitrogens with zero attached hydrogens (tertiary/aromatic N) is 3. The summed E-state index contributed by atoms with van der Waals surface area (Å²) in [4.78, 5) is 20.6. The first kappa shape index (κ1) is 27.3. The molecule has 9 nitrogen and oxygen atoms in total. The quantitative estimate of drug-likeness (QED) is 0.0957. The number of hydrogen-bond acceptors (Lipinski definition) is 7. The first-order chi connectivity index (χ1) is 18.6. The van der Waals surface area contributed by atoms with Gasteiger partial charge >= 0.3 is 0 Å². The van der Waals surface area contributed by atoms with E-state index in [1.54, 1.807) is 11.8 Å². The minimum atomic E-state index is -0.353. The van der Waals surface area contributed by atoms with Crippen molar-refractivity contribution in [3.05, 3.63) is 78.1 Å². The number of nitrogens with one attached hydrogen (secondary N) is 3. The lowest BCUT2D eigenvalue weighted by atomic mass is 10.1. The van der Waals surface area contributed by atoms with Gasteiger partial charge in [0.2, 0.25) is 5.91 Å². The maximum Gasteiger partial charge on any atom is 0.243 e. The summed E-state index contributed by atoms with van der Waals surface area (Å²) in [5.74, 6) is 0.447. The molecule has 6 N–H and O–H groups in total. The van der Waals surface area contributed by atoms with Crippen LogP contribution in [0.5, 0.6) is 0 Å². The predicted octanol–water partition coefficient (Wildman–Crippen LogP) is 4.39. The number of carbonyl (C=O) groups is 1. The third-order valence-electron chi connectivity index (χ3n) is 6.65. The van der Waals surface area contributed by atoms with Gasteiger partial charge in [0, 0.05) is 38.6 Å². The van der Waals surface area contributed by atoms with Gasteiger partial charge in [0.15, 0.2) is 0 Å². The largest absolute Gasteiger partial charge is 0.363 e. The molecular formula is C29H37N7O2. The Bertz CT molecular complexity index is 1310. The van der Waals surface area contributed by atoms with Crippen molar-refractivity contribution in [2.45, 2.75) is 51.7 Å². The fraction of sp³-hybridized carbons (Fsp3) is 0.345. The maximum absolute atomic E-state index is 11.4. The first-order valence-electron chi connectivity index (χ1n) is 13.2. The Kier molecular flexibility index (Phi) is 9.80. The third kappa shape index (κ3) is 6.95. The molecule has 2 aromatic carbocycles. The van der Waals surface area contributed by atoms with Gasteiger partial charge in [0.1, 0.15) is 17.8 Å². The van der Waals surface area contributed by atoms with Crippen molar-refractivity contribution < 1.29 is 10.0 Å². The van der Waals surface area contributed by atoms with Gasteiger partial charge in [-0.1, -0.05) is 61.0 Å². The molecule has 1 atom stereocenters. The number of aromatic nitrogens is 3. The monoisotopic (exact) mass is 515 g/mol. The van der Waals surface area contributed by atoms with E-state index in [-0.39, 0.29) is 11.9 Å². The number of nitrogens with two attached hydrogens (primary N) is 1. The molecule has 4 aromatic rings. The fourth-order valence-electron chi connectivity index (χ4n) is 4.59. The second-order valence-corrected chi connectivity index (χ2v) is 9.43. The van der Waals surface area contributed by atoms with Gasteiger partial charge in [-0.3, -0.25) is 10.0 Å². The number of benzene rings is 2. The lowest BCUT2D eigenvalue weighted by Crippen LogP contribution is -2.21. The Morgan fingerprint density at radius 1 is 1.05 bits per heavy atom. The van der Waals surface area contributed by atoms with Crippen LogP contribution >= 0.6 is 0 Å². The highest BCUT2D eigenvalue weighted by molar-refractivity contribution is 5.92. The SMILES string of the molecule is C[C@@H](Nc1ncnc2c1cc(-c1ccc(CNCCN)cc1)n2CCCCCC(=O)NO)c1ccccc1. The van der Waals surface area contributed by atoms with Crippen molar-refractivity contribution >= 4 is 22.8 Å². The van der Waals surface area contributed by atoms with Gasteiger partial charge in [-0.2, -0.15) is 0 Å². The van der Waals surface area contributed by atoms with Crippen LogP contribution in [0.15, 0.2) is 67.0 Å². The van der Waals surface area contributed by atoms with Crippen LogP contribution in [0.25, 0.3) is 22.3 Å². The molecule has 0 aliphatic heterocycles. The van der Waals surface area contributed by atoms with Gasteiger partial charge in [-0.15, -0.1) is 0 Å². The van der Waals surface area contributed by atoms with Crippen molar-refractivity contribution in [3.63, 3.8) is 0 Å². The number of carbonyl (C=O) groups excluding carboxylic acids is 1. The summed E-state index contributed by atoms with van der Waals surface area (Å²) < 4.78 is 2.24. The molecule has 38 heavy (non-hydrogen) atoms. The Balaban J connectivity index is 1.61. The normalized spacial score (nSPS) is 12.0. The standard InChI is InChI=1S/C29H37N7O2/c1-21(23-8-4-2-5-9-23)34-28-25-18-26(24-13-11-22(12-14-24)19-31-16-15-30)36(29(25)33-20-32-28)17-7-3-6-10-27(37)35-38/h2,4-5,8-9,11-14,18,20-21,31,38H,3,6-7,10,15-17,19,30H2,1H3,(H,35,37)(H,32,33,34)/t21-/m1/s1. The molecule has 9 heteroatoms. The zero-order chi connectivity index (χ0) is 26.7. The molecule has 0 saturated heterocycles. The van der Waals surface area contributed by atoms with Crippen LogP contribution in [0.4, 0.5) is 5.82 Å². The van der Waals surface area contributed by atoms with Crippen LogP contribution in [-0.2, 0) is 17.9 Å². The van der Waals surface area contributed by atoms with Crippen LogP contribution < -0.4 is 21.8 Å². The van der Waals surface area contributed by atoms with E-state index in [0.717, 1.165) is 60.6 Å². The first-order valence-corrected chi connectivity index (χ1v) is 13.2. The second-order valence-electron chi connectivity index (χ2n) is 9.43. The van der Waals surface area contributed by atoms with Crippen LogP contribution in [0.3, 0.4) is 0 Å². The van der Waals surface area contributed by atoms with Gasteiger partial charge in [0.25, 0.3) is 0 Å². The lowest BCUT2D eigenvalue weighted by Gasteiger charge is -2.15. The summed E-state index contributed by atoms with van der Waals surface area (Å²) in [6, 6.07) is 21.1. The van der Waals surface area contributed by atoms with Gasteiger partial charge in [0.05, 0.1) is 11.1 Å². The van der Waals surface area contributed by atoms with Gasteiger partial charge in [-0.25, -0.2) is 15.4 Å². The number of unbranched alkanes of at least 4 members (excludes halogenated alkanes) is 2. The summed E-state index contributed by atoms with van der Waals surface area (Å²) in [7, 11) is 0. The van der Waals surface area contributed by atoms with Crippen LogP contribution in [0.1, 0.15) is 49.8 Å². The number of rotatable bonds is 14. The molecule has 0 aliphatic rings. The van der Waals surface area contributed by atoms with Crippen LogP contribution in [0, 0.1) is 0 Å². The molecule has 0 unspecified atom stereocenters. The molecule has 200 valence electrons. The summed E-state index contributed by atoms with van der Waals surface area (Å²) in [5.41, 5.74) is 12.7. The molecule has 0 spiro atoms. The molecule has 2 heterocycles. The van der Waals surface area contributed by atoms with Crippen molar-refractivity contribution in [2.24, 2.45) is 5.73 Å². The molecule has 0 saturated carbocycles. The minimum Gasteiger partial charge on any atom is -0.363 e. The molecule has 2 aromatic heterocycles. The lowest BCUT2D eigenvalue weighted by molar-refractivity contribution is -0.129. The van der Waals surface area contributed by atoms with E-state index in [2.05, 4.69) is 74.6 Å². The molecule has 0 fully saturated rings. The Morgan fingerprint density at radius 2 is 1.84 bits per heavy atom. The van der Waals surface area contributed by atoms with E-state index in [0.29, 0.717) is 19.4 Å². The zero-order valence-electron chi connectivity index (χ0n) is 21.9. The number of anilines is 1. The van der Waals surface area contributed by atoms with E-state index >= 15 is 0 Å². The number of amides is 1. The summed E-state index contributed by atoms with van der Waals surface area (Å²) in [6.45, 7) is 5.05. The zero-order valence-corrected chi connectivity index (χ0v) is 21.9. The molecule has 4 rings (SSSR count). The van der Waals surface area contributed by atoms with Crippen molar-refractivity contribution in [1.82, 2.24) is 25.3 Å². The van der Waals surface area contributed by atoms with Crippen LogP contribution in [0.2, 0.25) is 0 Å². The van der Waals surface area contributed by atoms with Gasteiger partial charge in [-0.05, 0) is 42.5 Å². The maximum atomic E-state index is 11.4. The van der Waals surface area contributed by atoms with Crippen molar-refractivity contribution in [1.29, 1.82) is 0 Å². The predicted molar refractivity (Wildman–Crippen MR) is 151 cm³/mol. The number of hydrogen-bond donors (Lipinski definition) is 5. The third-order valence-corrected chi connectivity index (χ3v) is 6.65. The van der Waals surface area contributed by atoms with Gasteiger partial charge < -0.3 is 20.9 Å². The Hall–Kier alpha value is -3.79. The summed E-state index contributed by atoms with van der Waals surface area (Å²) >= 11 is 0. The molecular weight excluding hydrogens is 478 g/mol. The average Bonchev–Trinajstić information content (AvgIpc) is 3.33. The highest BCUT2D eigenvalue weighted by atomic mass is 16.5. The van der Waals surface area contributed by atoms with E-state index in [4.69, 9.17) is 10.9 Å². The van der Waals surface area contributed by atoms with E-state index in [9.17, 15) is 4.79 Å². The molecule has 1 amide bonds. The highest BCUT2D eigenvalue weighted by Crippen LogP contribution is 2.32. The average molecular weight is 516 g/mol. The molecule has 0 aliphatic carbocycles.